The smallest absolute Gasteiger partial charge is 0.165 e. The molecule has 0 aliphatic heterocycles. The Morgan fingerprint density at radius 2 is 1.61 bits per heavy atom. The summed E-state index contributed by atoms with van der Waals surface area (Å²) in [5.41, 5.74) is 4.73. The number of ketones is 1. The zero-order valence-corrected chi connectivity index (χ0v) is 19.5. The van der Waals surface area contributed by atoms with Crippen LogP contribution in [0.1, 0.15) is 39.5 Å². The molecule has 0 aliphatic rings. The molecule has 4 nitrogen and oxygen atoms in total. The van der Waals surface area contributed by atoms with E-state index in [0.717, 1.165) is 11.3 Å². The molecular weight excluding hydrogens is 433 g/mol. The molecule has 0 saturated carbocycles. The molecule has 0 amide bonds. The lowest BCUT2D eigenvalue weighted by Gasteiger charge is -2.21. The van der Waals surface area contributed by atoms with Gasteiger partial charge in [0.15, 0.2) is 17.3 Å². The molecule has 1 unspecified atom stereocenters. The molecule has 1 atom stereocenters. The van der Waals surface area contributed by atoms with Crippen LogP contribution < -0.4 is 14.8 Å². The van der Waals surface area contributed by atoms with Crippen molar-refractivity contribution in [2.45, 2.75) is 26.3 Å². The van der Waals surface area contributed by atoms with Crippen LogP contribution >= 0.6 is 23.2 Å². The lowest BCUT2D eigenvalue weighted by molar-refractivity contribution is 0.0976. The van der Waals surface area contributed by atoms with E-state index < -0.39 is 0 Å². The van der Waals surface area contributed by atoms with Crippen molar-refractivity contribution in [1.29, 1.82) is 0 Å². The van der Waals surface area contributed by atoms with Crippen molar-refractivity contribution < 1.29 is 14.3 Å². The van der Waals surface area contributed by atoms with Gasteiger partial charge in [-0.3, -0.25) is 4.79 Å². The second-order valence-corrected chi connectivity index (χ2v) is 8.18. The lowest BCUT2D eigenvalue weighted by Crippen LogP contribution is -2.16. The number of carbonyl (C=O) groups excluding carboxylic acids is 1. The van der Waals surface area contributed by atoms with Crippen molar-refractivity contribution in [2.75, 3.05) is 19.5 Å². The molecular formula is C25H25Cl2NO3. The highest BCUT2D eigenvalue weighted by Crippen LogP contribution is 2.32. The number of anilines is 1. The normalized spacial score (nSPS) is 11.7. The summed E-state index contributed by atoms with van der Waals surface area (Å²) < 4.78 is 10.6. The SMILES string of the molecule is COc1ccc(C(=O)CC(Nc2ccc(C)c(C)c2)c2ccc(Cl)c(Cl)c2)cc1OC. The maximum atomic E-state index is 13.2. The van der Waals surface area contributed by atoms with E-state index in [4.69, 9.17) is 32.7 Å². The van der Waals surface area contributed by atoms with E-state index in [0.29, 0.717) is 27.1 Å². The third-order valence-corrected chi connectivity index (χ3v) is 6.03. The van der Waals surface area contributed by atoms with Gasteiger partial charge in [0, 0.05) is 17.7 Å². The molecule has 3 rings (SSSR count). The van der Waals surface area contributed by atoms with E-state index in [1.54, 1.807) is 44.6 Å². The summed E-state index contributed by atoms with van der Waals surface area (Å²) in [6.45, 7) is 4.12. The molecule has 0 spiro atoms. The van der Waals surface area contributed by atoms with Crippen LogP contribution in [0.15, 0.2) is 54.6 Å². The molecule has 3 aromatic rings. The standard InChI is InChI=1S/C25H25Cl2NO3/c1-15-5-8-19(11-16(15)2)28-22(17-6-9-20(26)21(27)12-17)14-23(29)18-7-10-24(30-3)25(13-18)31-4/h5-13,22,28H,14H2,1-4H3. The molecule has 0 fully saturated rings. The highest BCUT2D eigenvalue weighted by molar-refractivity contribution is 6.42. The number of halogens is 2. The van der Waals surface area contributed by atoms with Gasteiger partial charge in [0.05, 0.1) is 30.3 Å². The number of benzene rings is 3. The van der Waals surface area contributed by atoms with Gasteiger partial charge in [0.2, 0.25) is 0 Å². The summed E-state index contributed by atoms with van der Waals surface area (Å²) in [6, 6.07) is 16.4. The van der Waals surface area contributed by atoms with E-state index in [-0.39, 0.29) is 18.2 Å². The minimum atomic E-state index is -0.294. The highest BCUT2D eigenvalue weighted by Gasteiger charge is 2.20. The Balaban J connectivity index is 1.92. The third kappa shape index (κ3) is 5.52. The Kier molecular flexibility index (Phi) is 7.47. The van der Waals surface area contributed by atoms with Crippen LogP contribution in [-0.4, -0.2) is 20.0 Å². The molecule has 0 aromatic heterocycles. The average Bonchev–Trinajstić information content (AvgIpc) is 2.77. The fourth-order valence-corrected chi connectivity index (χ4v) is 3.63. The number of methoxy groups -OCH3 is 2. The maximum Gasteiger partial charge on any atom is 0.165 e. The van der Waals surface area contributed by atoms with Gasteiger partial charge >= 0.3 is 0 Å². The van der Waals surface area contributed by atoms with Gasteiger partial charge in [-0.1, -0.05) is 35.3 Å². The van der Waals surface area contributed by atoms with E-state index in [1.807, 2.05) is 12.1 Å². The first-order valence-electron chi connectivity index (χ1n) is 9.86. The lowest BCUT2D eigenvalue weighted by atomic mass is 9.97. The second-order valence-electron chi connectivity index (χ2n) is 7.37. The molecule has 0 radical (unpaired) electrons. The van der Waals surface area contributed by atoms with Crippen LogP contribution in [0.25, 0.3) is 0 Å². The molecule has 1 N–H and O–H groups in total. The first kappa shape index (κ1) is 23.0. The summed E-state index contributed by atoms with van der Waals surface area (Å²) in [7, 11) is 3.11. The minimum Gasteiger partial charge on any atom is -0.493 e. The number of Topliss-reactive ketones (excluding diaryl/α,β-unsaturated/α-hetero) is 1. The van der Waals surface area contributed by atoms with Crippen LogP contribution in [0.2, 0.25) is 10.0 Å². The average molecular weight is 458 g/mol. The molecule has 6 heteroatoms. The largest absolute Gasteiger partial charge is 0.493 e. The van der Waals surface area contributed by atoms with Crippen LogP contribution in [0.5, 0.6) is 11.5 Å². The van der Waals surface area contributed by atoms with Crippen molar-refractivity contribution >= 4 is 34.7 Å². The van der Waals surface area contributed by atoms with E-state index in [1.165, 1.54) is 11.1 Å². The zero-order valence-electron chi connectivity index (χ0n) is 18.0. The van der Waals surface area contributed by atoms with Gasteiger partial charge in [0.25, 0.3) is 0 Å². The monoisotopic (exact) mass is 457 g/mol. The molecule has 0 aliphatic carbocycles. The number of nitrogens with one attached hydrogen (secondary N) is 1. The predicted molar refractivity (Wildman–Crippen MR) is 127 cm³/mol. The van der Waals surface area contributed by atoms with Crippen LogP contribution in [0.3, 0.4) is 0 Å². The number of hydrogen-bond donors (Lipinski definition) is 1. The summed E-state index contributed by atoms with van der Waals surface area (Å²) in [5, 5.41) is 4.41. The predicted octanol–water partition coefficient (Wildman–Crippen LogP) is 7.05. The molecule has 31 heavy (non-hydrogen) atoms. The molecule has 3 aromatic carbocycles. The fraction of sp³-hybridized carbons (Fsp3) is 0.240. The summed E-state index contributed by atoms with van der Waals surface area (Å²) in [5.74, 6) is 1.06. The topological polar surface area (TPSA) is 47.6 Å². The number of ether oxygens (including phenoxy) is 2. The van der Waals surface area contributed by atoms with Gasteiger partial charge in [-0.2, -0.15) is 0 Å². The van der Waals surface area contributed by atoms with E-state index in [9.17, 15) is 4.79 Å². The Morgan fingerprint density at radius 3 is 2.26 bits per heavy atom. The van der Waals surface area contributed by atoms with Crippen molar-refractivity contribution in [3.05, 3.63) is 86.9 Å². The summed E-state index contributed by atoms with van der Waals surface area (Å²) in [6.07, 6.45) is 0.223. The first-order valence-corrected chi connectivity index (χ1v) is 10.6. The van der Waals surface area contributed by atoms with Gasteiger partial charge in [-0.05, 0) is 73.0 Å². The summed E-state index contributed by atoms with van der Waals surface area (Å²) >= 11 is 12.4. The van der Waals surface area contributed by atoms with Crippen LogP contribution in [0.4, 0.5) is 5.69 Å². The van der Waals surface area contributed by atoms with Crippen LogP contribution in [-0.2, 0) is 0 Å². The van der Waals surface area contributed by atoms with Gasteiger partial charge in [-0.15, -0.1) is 0 Å². The molecule has 0 saturated heterocycles. The number of aryl methyl sites for hydroxylation is 2. The maximum absolute atomic E-state index is 13.2. The molecule has 162 valence electrons. The van der Waals surface area contributed by atoms with Crippen molar-refractivity contribution in [3.8, 4) is 11.5 Å². The molecule has 0 bridgehead atoms. The quantitative estimate of drug-likeness (QED) is 0.368. The number of hydrogen-bond acceptors (Lipinski definition) is 4. The highest BCUT2D eigenvalue weighted by atomic mass is 35.5. The van der Waals surface area contributed by atoms with Gasteiger partial charge in [-0.25, -0.2) is 0 Å². The Morgan fingerprint density at radius 1 is 0.871 bits per heavy atom. The second kappa shape index (κ2) is 10.1. The van der Waals surface area contributed by atoms with Gasteiger partial charge in [0.1, 0.15) is 0 Å². The minimum absolute atomic E-state index is 0.0339. The van der Waals surface area contributed by atoms with Crippen molar-refractivity contribution in [2.24, 2.45) is 0 Å². The number of carbonyl (C=O) groups is 1. The summed E-state index contributed by atoms with van der Waals surface area (Å²) in [4.78, 5) is 13.2. The van der Waals surface area contributed by atoms with Crippen LogP contribution in [0, 0.1) is 13.8 Å². The Bertz CT molecular complexity index is 1100. The molecule has 0 heterocycles. The van der Waals surface area contributed by atoms with Gasteiger partial charge < -0.3 is 14.8 Å². The van der Waals surface area contributed by atoms with Crippen molar-refractivity contribution in [3.63, 3.8) is 0 Å². The van der Waals surface area contributed by atoms with Crippen molar-refractivity contribution in [1.82, 2.24) is 0 Å². The number of rotatable bonds is 8. The Hall–Kier alpha value is -2.69. The first-order chi connectivity index (χ1) is 14.8. The van der Waals surface area contributed by atoms with E-state index >= 15 is 0 Å². The van der Waals surface area contributed by atoms with E-state index in [2.05, 4.69) is 31.3 Å². The zero-order chi connectivity index (χ0) is 22.5. The Labute approximate surface area is 193 Å². The fourth-order valence-electron chi connectivity index (χ4n) is 3.33. The third-order valence-electron chi connectivity index (χ3n) is 5.29.